The summed E-state index contributed by atoms with van der Waals surface area (Å²) in [6, 6.07) is 5.69. The van der Waals surface area contributed by atoms with E-state index in [2.05, 4.69) is 18.8 Å². The summed E-state index contributed by atoms with van der Waals surface area (Å²) in [5, 5.41) is 0. The SMILES string of the molecule is CC1(C)CCN(C(=O)Cc2ccccn2)CC1N. The van der Waals surface area contributed by atoms with Gasteiger partial charge in [0.2, 0.25) is 5.91 Å². The van der Waals surface area contributed by atoms with Gasteiger partial charge in [-0.3, -0.25) is 9.78 Å². The second kappa shape index (κ2) is 5.06. The number of amides is 1. The summed E-state index contributed by atoms with van der Waals surface area (Å²) >= 11 is 0. The summed E-state index contributed by atoms with van der Waals surface area (Å²) in [4.78, 5) is 18.2. The van der Waals surface area contributed by atoms with Gasteiger partial charge >= 0.3 is 0 Å². The lowest BCUT2D eigenvalue weighted by Crippen LogP contribution is -2.54. The van der Waals surface area contributed by atoms with E-state index in [4.69, 9.17) is 5.73 Å². The van der Waals surface area contributed by atoms with Gasteiger partial charge in [0, 0.05) is 31.0 Å². The molecule has 1 aliphatic rings. The molecule has 2 rings (SSSR count). The smallest absolute Gasteiger partial charge is 0.228 e. The highest BCUT2D eigenvalue weighted by Crippen LogP contribution is 2.29. The quantitative estimate of drug-likeness (QED) is 0.854. The fourth-order valence-electron chi connectivity index (χ4n) is 2.18. The van der Waals surface area contributed by atoms with Crippen LogP contribution in [0.2, 0.25) is 0 Å². The molecule has 1 aromatic rings. The third kappa shape index (κ3) is 2.88. The molecule has 4 heteroatoms. The Morgan fingerprint density at radius 2 is 2.33 bits per heavy atom. The maximum absolute atomic E-state index is 12.2. The van der Waals surface area contributed by atoms with E-state index in [9.17, 15) is 4.79 Å². The zero-order chi connectivity index (χ0) is 13.2. The highest BCUT2D eigenvalue weighted by atomic mass is 16.2. The van der Waals surface area contributed by atoms with E-state index in [1.54, 1.807) is 6.20 Å². The van der Waals surface area contributed by atoms with Crippen LogP contribution in [-0.2, 0) is 11.2 Å². The maximum atomic E-state index is 12.2. The van der Waals surface area contributed by atoms with Crippen molar-refractivity contribution in [1.29, 1.82) is 0 Å². The van der Waals surface area contributed by atoms with Crippen LogP contribution < -0.4 is 5.73 Å². The van der Waals surface area contributed by atoms with Crippen LogP contribution >= 0.6 is 0 Å². The summed E-state index contributed by atoms with van der Waals surface area (Å²) in [5.41, 5.74) is 7.07. The first-order valence-electron chi connectivity index (χ1n) is 6.42. The number of rotatable bonds is 2. The van der Waals surface area contributed by atoms with Crippen molar-refractivity contribution in [2.24, 2.45) is 11.1 Å². The number of carbonyl (C=O) groups excluding carboxylic acids is 1. The predicted molar refractivity (Wildman–Crippen MR) is 70.9 cm³/mol. The first-order valence-corrected chi connectivity index (χ1v) is 6.42. The number of aromatic nitrogens is 1. The van der Waals surface area contributed by atoms with Crippen LogP contribution in [0, 0.1) is 5.41 Å². The average Bonchev–Trinajstić information content (AvgIpc) is 2.34. The minimum absolute atomic E-state index is 0.0546. The van der Waals surface area contributed by atoms with Crippen LogP contribution in [0.15, 0.2) is 24.4 Å². The molecule has 2 heterocycles. The number of piperidine rings is 1. The van der Waals surface area contributed by atoms with Crippen molar-refractivity contribution in [2.45, 2.75) is 32.7 Å². The molecule has 2 N–H and O–H groups in total. The van der Waals surface area contributed by atoms with E-state index in [1.807, 2.05) is 23.1 Å². The third-order valence-corrected chi connectivity index (χ3v) is 3.86. The lowest BCUT2D eigenvalue weighted by Gasteiger charge is -2.42. The Labute approximate surface area is 108 Å². The molecule has 1 amide bonds. The van der Waals surface area contributed by atoms with Gasteiger partial charge in [-0.05, 0) is 24.0 Å². The molecule has 1 fully saturated rings. The van der Waals surface area contributed by atoms with Gasteiger partial charge in [0.1, 0.15) is 0 Å². The molecule has 1 aromatic heterocycles. The molecule has 0 bridgehead atoms. The van der Waals surface area contributed by atoms with E-state index >= 15 is 0 Å². The average molecular weight is 247 g/mol. The summed E-state index contributed by atoms with van der Waals surface area (Å²) < 4.78 is 0. The van der Waals surface area contributed by atoms with Crippen molar-refractivity contribution >= 4 is 5.91 Å². The first kappa shape index (κ1) is 13.0. The number of hydrogen-bond acceptors (Lipinski definition) is 3. The monoisotopic (exact) mass is 247 g/mol. The standard InChI is InChI=1S/C14H21N3O/c1-14(2)6-8-17(10-12(14)15)13(18)9-11-5-3-4-7-16-11/h3-5,7,12H,6,8-10,15H2,1-2H3. The Morgan fingerprint density at radius 3 is 2.94 bits per heavy atom. The summed E-state index contributed by atoms with van der Waals surface area (Å²) in [5.74, 6) is 0.125. The summed E-state index contributed by atoms with van der Waals surface area (Å²) in [6.07, 6.45) is 3.05. The molecule has 1 saturated heterocycles. The molecule has 0 spiro atoms. The van der Waals surface area contributed by atoms with Gasteiger partial charge in [-0.15, -0.1) is 0 Å². The van der Waals surface area contributed by atoms with E-state index in [-0.39, 0.29) is 17.4 Å². The van der Waals surface area contributed by atoms with E-state index in [1.165, 1.54) is 0 Å². The van der Waals surface area contributed by atoms with Crippen molar-refractivity contribution < 1.29 is 4.79 Å². The molecule has 0 radical (unpaired) electrons. The molecule has 18 heavy (non-hydrogen) atoms. The fourth-order valence-corrected chi connectivity index (χ4v) is 2.18. The zero-order valence-electron chi connectivity index (χ0n) is 11.1. The van der Waals surface area contributed by atoms with Crippen molar-refractivity contribution in [3.63, 3.8) is 0 Å². The second-order valence-corrected chi connectivity index (χ2v) is 5.68. The molecule has 0 aromatic carbocycles. The van der Waals surface area contributed by atoms with Gasteiger partial charge in [-0.2, -0.15) is 0 Å². The number of likely N-dealkylation sites (tertiary alicyclic amines) is 1. The fraction of sp³-hybridized carbons (Fsp3) is 0.571. The molecule has 1 atom stereocenters. The van der Waals surface area contributed by atoms with Crippen LogP contribution in [0.3, 0.4) is 0 Å². The minimum Gasteiger partial charge on any atom is -0.341 e. The topological polar surface area (TPSA) is 59.2 Å². The largest absolute Gasteiger partial charge is 0.341 e. The lowest BCUT2D eigenvalue weighted by atomic mass is 9.78. The van der Waals surface area contributed by atoms with Gasteiger partial charge in [0.05, 0.1) is 6.42 Å². The van der Waals surface area contributed by atoms with Crippen LogP contribution in [0.25, 0.3) is 0 Å². The lowest BCUT2D eigenvalue weighted by molar-refractivity contribution is -0.133. The maximum Gasteiger partial charge on any atom is 0.228 e. The molecule has 0 saturated carbocycles. The highest BCUT2D eigenvalue weighted by Gasteiger charge is 2.34. The van der Waals surface area contributed by atoms with Gasteiger partial charge in [-0.1, -0.05) is 19.9 Å². The number of hydrogen-bond donors (Lipinski definition) is 1. The van der Waals surface area contributed by atoms with Crippen molar-refractivity contribution in [1.82, 2.24) is 9.88 Å². The van der Waals surface area contributed by atoms with Crippen LogP contribution in [0.1, 0.15) is 26.0 Å². The van der Waals surface area contributed by atoms with Crippen molar-refractivity contribution in [3.8, 4) is 0 Å². The van der Waals surface area contributed by atoms with Gasteiger partial charge < -0.3 is 10.6 Å². The number of nitrogens with zero attached hydrogens (tertiary/aromatic N) is 2. The van der Waals surface area contributed by atoms with Crippen LogP contribution in [0.5, 0.6) is 0 Å². The number of carbonyl (C=O) groups is 1. The molecular formula is C14H21N3O. The molecule has 1 unspecified atom stereocenters. The van der Waals surface area contributed by atoms with E-state index < -0.39 is 0 Å². The first-order chi connectivity index (χ1) is 8.49. The Morgan fingerprint density at radius 1 is 1.56 bits per heavy atom. The van der Waals surface area contributed by atoms with Crippen LogP contribution in [0.4, 0.5) is 0 Å². The highest BCUT2D eigenvalue weighted by molar-refractivity contribution is 5.78. The minimum atomic E-state index is 0.0546. The van der Waals surface area contributed by atoms with Crippen LogP contribution in [-0.4, -0.2) is 34.9 Å². The Balaban J connectivity index is 1.95. The Bertz CT molecular complexity index is 416. The van der Waals surface area contributed by atoms with Gasteiger partial charge in [0.15, 0.2) is 0 Å². The van der Waals surface area contributed by atoms with Gasteiger partial charge in [-0.25, -0.2) is 0 Å². The molecular weight excluding hydrogens is 226 g/mol. The molecule has 4 nitrogen and oxygen atoms in total. The Kier molecular flexibility index (Phi) is 3.66. The molecule has 0 aliphatic carbocycles. The summed E-state index contributed by atoms with van der Waals surface area (Å²) in [7, 11) is 0. The normalized spacial score (nSPS) is 22.8. The summed E-state index contributed by atoms with van der Waals surface area (Å²) in [6.45, 7) is 5.78. The second-order valence-electron chi connectivity index (χ2n) is 5.68. The van der Waals surface area contributed by atoms with Crippen molar-refractivity contribution in [3.05, 3.63) is 30.1 Å². The molecule has 98 valence electrons. The zero-order valence-corrected chi connectivity index (χ0v) is 11.1. The Hall–Kier alpha value is -1.42. The number of pyridine rings is 1. The van der Waals surface area contributed by atoms with E-state index in [0.29, 0.717) is 13.0 Å². The number of nitrogens with two attached hydrogens (primary N) is 1. The third-order valence-electron chi connectivity index (χ3n) is 3.86. The van der Waals surface area contributed by atoms with E-state index in [0.717, 1.165) is 18.7 Å². The predicted octanol–water partition coefficient (Wildman–Crippen LogP) is 1.21. The molecule has 1 aliphatic heterocycles. The van der Waals surface area contributed by atoms with Crippen molar-refractivity contribution in [2.75, 3.05) is 13.1 Å². The van der Waals surface area contributed by atoms with Gasteiger partial charge in [0.25, 0.3) is 0 Å².